The van der Waals surface area contributed by atoms with Gasteiger partial charge in [-0.1, -0.05) is 30.3 Å². The van der Waals surface area contributed by atoms with Gasteiger partial charge in [0, 0.05) is 14.2 Å². The molecule has 0 saturated heterocycles. The SMILES string of the molecule is COCc1csc(C(=O)NC(CO)(COC)c2ccccc2)c1. The van der Waals surface area contributed by atoms with Crippen molar-refractivity contribution < 1.29 is 19.4 Å². The molecule has 6 heteroatoms. The van der Waals surface area contributed by atoms with Crippen LogP contribution in [0, 0.1) is 0 Å². The lowest BCUT2D eigenvalue weighted by molar-refractivity contribution is 0.0511. The number of ether oxygens (including phenoxy) is 2. The van der Waals surface area contributed by atoms with Gasteiger partial charge in [-0.05, 0) is 22.6 Å². The van der Waals surface area contributed by atoms with Gasteiger partial charge in [0.2, 0.25) is 0 Å². The first-order valence-corrected chi connectivity index (χ1v) is 8.07. The van der Waals surface area contributed by atoms with Crippen LogP contribution in [0.3, 0.4) is 0 Å². The molecule has 2 rings (SSSR count). The van der Waals surface area contributed by atoms with Gasteiger partial charge in [-0.25, -0.2) is 0 Å². The average Bonchev–Trinajstić information content (AvgIpc) is 3.04. The first kappa shape index (κ1) is 17.6. The van der Waals surface area contributed by atoms with Gasteiger partial charge in [0.05, 0.1) is 24.7 Å². The Balaban J connectivity index is 2.24. The van der Waals surface area contributed by atoms with Crippen LogP contribution in [0.4, 0.5) is 0 Å². The number of aliphatic hydroxyl groups is 1. The average molecular weight is 335 g/mol. The maximum absolute atomic E-state index is 12.6. The molecule has 0 bridgehead atoms. The van der Waals surface area contributed by atoms with Crippen molar-refractivity contribution in [2.24, 2.45) is 0 Å². The number of hydrogen-bond donors (Lipinski definition) is 2. The Morgan fingerprint density at radius 1 is 1.26 bits per heavy atom. The molecule has 1 aromatic heterocycles. The lowest BCUT2D eigenvalue weighted by Gasteiger charge is -2.32. The highest BCUT2D eigenvalue weighted by atomic mass is 32.1. The van der Waals surface area contributed by atoms with E-state index in [9.17, 15) is 9.90 Å². The highest BCUT2D eigenvalue weighted by molar-refractivity contribution is 7.12. The third-order valence-corrected chi connectivity index (χ3v) is 4.51. The fourth-order valence-corrected chi connectivity index (χ4v) is 3.18. The predicted octanol–water partition coefficient (Wildman–Crippen LogP) is 2.16. The molecule has 2 aromatic rings. The summed E-state index contributed by atoms with van der Waals surface area (Å²) in [5.74, 6) is -0.243. The van der Waals surface area contributed by atoms with Crippen molar-refractivity contribution in [3.63, 3.8) is 0 Å². The summed E-state index contributed by atoms with van der Waals surface area (Å²) in [4.78, 5) is 13.1. The van der Waals surface area contributed by atoms with Gasteiger partial charge in [-0.2, -0.15) is 0 Å². The highest BCUT2D eigenvalue weighted by Gasteiger charge is 2.34. The van der Waals surface area contributed by atoms with Gasteiger partial charge in [0.1, 0.15) is 5.54 Å². The van der Waals surface area contributed by atoms with Crippen LogP contribution in [0.5, 0.6) is 0 Å². The lowest BCUT2D eigenvalue weighted by Crippen LogP contribution is -2.51. The Bertz CT molecular complexity index is 629. The van der Waals surface area contributed by atoms with E-state index >= 15 is 0 Å². The molecular formula is C17H21NO4S. The number of benzene rings is 1. The second-order valence-electron chi connectivity index (χ2n) is 5.25. The maximum atomic E-state index is 12.6. The number of amides is 1. The molecule has 0 fully saturated rings. The van der Waals surface area contributed by atoms with Crippen LogP contribution in [0.15, 0.2) is 41.8 Å². The van der Waals surface area contributed by atoms with Crippen molar-refractivity contribution in [3.05, 3.63) is 57.8 Å². The number of rotatable bonds is 8. The van der Waals surface area contributed by atoms with E-state index in [-0.39, 0.29) is 19.1 Å². The van der Waals surface area contributed by atoms with Crippen molar-refractivity contribution in [1.29, 1.82) is 0 Å². The standard InChI is InChI=1S/C17H21NO4S/c1-21-9-13-8-15(23-10-13)16(20)18-17(11-19,12-22-2)14-6-4-3-5-7-14/h3-8,10,19H,9,11-12H2,1-2H3,(H,18,20). The smallest absolute Gasteiger partial charge is 0.262 e. The molecule has 23 heavy (non-hydrogen) atoms. The Labute approximate surface area is 139 Å². The lowest BCUT2D eigenvalue weighted by atomic mass is 9.91. The van der Waals surface area contributed by atoms with Crippen LogP contribution in [-0.2, 0) is 21.6 Å². The number of thiophene rings is 1. The van der Waals surface area contributed by atoms with E-state index in [1.54, 1.807) is 20.3 Å². The zero-order valence-corrected chi connectivity index (χ0v) is 14.1. The predicted molar refractivity (Wildman–Crippen MR) is 89.6 cm³/mol. The van der Waals surface area contributed by atoms with E-state index in [1.807, 2.05) is 35.7 Å². The number of aliphatic hydroxyl groups excluding tert-OH is 1. The summed E-state index contributed by atoms with van der Waals surface area (Å²) in [6.07, 6.45) is 0. The summed E-state index contributed by atoms with van der Waals surface area (Å²) in [5, 5.41) is 14.7. The zero-order valence-electron chi connectivity index (χ0n) is 13.2. The molecule has 0 aliphatic rings. The largest absolute Gasteiger partial charge is 0.393 e. The van der Waals surface area contributed by atoms with Crippen LogP contribution in [0.1, 0.15) is 20.8 Å². The van der Waals surface area contributed by atoms with Gasteiger partial charge < -0.3 is 19.9 Å². The van der Waals surface area contributed by atoms with Crippen molar-refractivity contribution >= 4 is 17.2 Å². The first-order valence-electron chi connectivity index (χ1n) is 7.19. The minimum absolute atomic E-state index is 0.176. The van der Waals surface area contributed by atoms with E-state index in [4.69, 9.17) is 9.47 Å². The molecule has 1 heterocycles. The summed E-state index contributed by atoms with van der Waals surface area (Å²) in [6, 6.07) is 11.1. The van der Waals surface area contributed by atoms with Crippen LogP contribution in [0.25, 0.3) is 0 Å². The molecular weight excluding hydrogens is 314 g/mol. The molecule has 5 nitrogen and oxygen atoms in total. The second-order valence-corrected chi connectivity index (χ2v) is 6.16. The first-order chi connectivity index (χ1) is 11.1. The van der Waals surface area contributed by atoms with E-state index in [0.717, 1.165) is 11.1 Å². The molecule has 0 saturated carbocycles. The van der Waals surface area contributed by atoms with Gasteiger partial charge in [0.25, 0.3) is 5.91 Å². The Kier molecular flexibility index (Phi) is 6.29. The fraction of sp³-hybridized carbons (Fsp3) is 0.353. The second kappa shape index (κ2) is 8.21. The third-order valence-electron chi connectivity index (χ3n) is 3.53. The molecule has 1 amide bonds. The molecule has 1 atom stereocenters. The number of nitrogens with one attached hydrogen (secondary N) is 1. The molecule has 0 aliphatic heterocycles. The van der Waals surface area contributed by atoms with Crippen LogP contribution in [-0.4, -0.2) is 38.4 Å². The topological polar surface area (TPSA) is 67.8 Å². The van der Waals surface area contributed by atoms with Crippen molar-refractivity contribution in [2.45, 2.75) is 12.1 Å². The summed E-state index contributed by atoms with van der Waals surface area (Å²) in [6.45, 7) is 0.383. The van der Waals surface area contributed by atoms with Gasteiger partial charge >= 0.3 is 0 Å². The number of hydrogen-bond acceptors (Lipinski definition) is 5. The molecule has 0 radical (unpaired) electrons. The zero-order chi connectivity index (χ0) is 16.7. The minimum Gasteiger partial charge on any atom is -0.393 e. The molecule has 124 valence electrons. The number of methoxy groups -OCH3 is 2. The Morgan fingerprint density at radius 3 is 2.61 bits per heavy atom. The van der Waals surface area contributed by atoms with Crippen LogP contribution in [0.2, 0.25) is 0 Å². The Hall–Kier alpha value is -1.73. The minimum atomic E-state index is -0.974. The summed E-state index contributed by atoms with van der Waals surface area (Å²) in [5.41, 5.74) is 0.772. The van der Waals surface area contributed by atoms with Crippen molar-refractivity contribution in [3.8, 4) is 0 Å². The highest BCUT2D eigenvalue weighted by Crippen LogP contribution is 2.23. The maximum Gasteiger partial charge on any atom is 0.262 e. The van der Waals surface area contributed by atoms with Gasteiger partial charge in [-0.3, -0.25) is 4.79 Å². The third kappa shape index (κ3) is 4.17. The molecule has 1 unspecified atom stereocenters. The van der Waals surface area contributed by atoms with Crippen molar-refractivity contribution in [2.75, 3.05) is 27.4 Å². The summed E-state index contributed by atoms with van der Waals surface area (Å²) in [7, 11) is 3.16. The van der Waals surface area contributed by atoms with Crippen molar-refractivity contribution in [1.82, 2.24) is 5.32 Å². The number of carbonyl (C=O) groups excluding carboxylic acids is 1. The van der Waals surface area contributed by atoms with Gasteiger partial charge in [0.15, 0.2) is 0 Å². The summed E-state index contributed by atoms with van der Waals surface area (Å²) >= 11 is 1.35. The number of carbonyl (C=O) groups is 1. The van der Waals surface area contributed by atoms with Gasteiger partial charge in [-0.15, -0.1) is 11.3 Å². The summed E-state index contributed by atoms with van der Waals surface area (Å²) < 4.78 is 10.3. The van der Waals surface area contributed by atoms with E-state index < -0.39 is 5.54 Å². The van der Waals surface area contributed by atoms with Crippen LogP contribution >= 0.6 is 11.3 Å². The van der Waals surface area contributed by atoms with E-state index in [2.05, 4.69) is 5.32 Å². The molecule has 1 aromatic carbocycles. The van der Waals surface area contributed by atoms with E-state index in [0.29, 0.717) is 11.5 Å². The van der Waals surface area contributed by atoms with E-state index in [1.165, 1.54) is 11.3 Å². The Morgan fingerprint density at radius 2 is 2.00 bits per heavy atom. The molecule has 0 aliphatic carbocycles. The monoisotopic (exact) mass is 335 g/mol. The molecule has 2 N–H and O–H groups in total. The normalized spacial score (nSPS) is 13.5. The molecule has 0 spiro atoms. The van der Waals surface area contributed by atoms with Crippen LogP contribution < -0.4 is 5.32 Å². The quantitative estimate of drug-likeness (QED) is 0.776. The fourth-order valence-electron chi connectivity index (χ4n) is 2.39.